The van der Waals surface area contributed by atoms with E-state index in [1.165, 1.54) is 38.1 Å². The largest absolute Gasteiger partial charge is 0.493 e. The maximum Gasteiger partial charge on any atom is 0.262 e. The fourth-order valence-electron chi connectivity index (χ4n) is 4.92. The first-order valence-electron chi connectivity index (χ1n) is 13.0. The Morgan fingerprint density at radius 1 is 1.05 bits per heavy atom. The first-order chi connectivity index (χ1) is 19.7. The van der Waals surface area contributed by atoms with Crippen molar-refractivity contribution in [1.29, 1.82) is 0 Å². The zero-order valence-corrected chi connectivity index (χ0v) is 24.3. The van der Waals surface area contributed by atoms with Gasteiger partial charge in [-0.15, -0.1) is 0 Å². The van der Waals surface area contributed by atoms with Crippen molar-refractivity contribution in [2.45, 2.75) is 35.9 Å². The second-order valence-corrected chi connectivity index (χ2v) is 12.1. The number of hydrogen-bond donors (Lipinski definition) is 1. The Balaban J connectivity index is 1.47. The number of amides is 1. The Morgan fingerprint density at radius 3 is 2.46 bits per heavy atom. The second kappa shape index (κ2) is 11.9. The third-order valence-corrected chi connectivity index (χ3v) is 8.93. The molecular formula is C29H30N4O6S2. The summed E-state index contributed by atoms with van der Waals surface area (Å²) >= 11 is 1.21. The predicted molar refractivity (Wildman–Crippen MR) is 158 cm³/mol. The second-order valence-electron chi connectivity index (χ2n) is 9.58. The zero-order valence-electron chi connectivity index (χ0n) is 22.7. The van der Waals surface area contributed by atoms with Crippen molar-refractivity contribution in [3.63, 3.8) is 0 Å². The lowest BCUT2D eigenvalue weighted by molar-refractivity contribution is -0.116. The first-order valence-corrected chi connectivity index (χ1v) is 15.5. The van der Waals surface area contributed by atoms with E-state index < -0.39 is 10.0 Å². The molecule has 1 aromatic heterocycles. The summed E-state index contributed by atoms with van der Waals surface area (Å²) in [6.45, 7) is 0.897. The lowest BCUT2D eigenvalue weighted by Crippen LogP contribution is -2.36. The molecular weight excluding hydrogens is 564 g/mol. The van der Waals surface area contributed by atoms with Crippen LogP contribution >= 0.6 is 11.8 Å². The minimum Gasteiger partial charge on any atom is -0.493 e. The van der Waals surface area contributed by atoms with Crippen LogP contribution in [-0.4, -0.2) is 50.4 Å². The average Bonchev–Trinajstić information content (AvgIpc) is 2.98. The highest BCUT2D eigenvalue weighted by Gasteiger charge is 2.23. The van der Waals surface area contributed by atoms with E-state index >= 15 is 0 Å². The summed E-state index contributed by atoms with van der Waals surface area (Å²) < 4.78 is 35.6. The lowest BCUT2D eigenvalue weighted by atomic mass is 10.0. The number of sulfonamides is 1. The number of benzene rings is 3. The van der Waals surface area contributed by atoms with Crippen molar-refractivity contribution in [3.8, 4) is 11.5 Å². The molecule has 4 aromatic rings. The Hall–Kier alpha value is -3.87. The number of carbonyl (C=O) groups is 1. The molecule has 0 atom stereocenters. The molecule has 3 aromatic carbocycles. The van der Waals surface area contributed by atoms with Crippen molar-refractivity contribution >= 4 is 44.3 Å². The van der Waals surface area contributed by atoms with Crippen molar-refractivity contribution < 1.29 is 22.7 Å². The van der Waals surface area contributed by atoms with Crippen LogP contribution < -0.4 is 25.1 Å². The smallest absolute Gasteiger partial charge is 0.262 e. The minimum absolute atomic E-state index is 0.0147. The van der Waals surface area contributed by atoms with E-state index in [0.29, 0.717) is 40.5 Å². The summed E-state index contributed by atoms with van der Waals surface area (Å²) in [5, 5.41) is 5.96. The fourth-order valence-corrected chi connectivity index (χ4v) is 6.34. The summed E-state index contributed by atoms with van der Waals surface area (Å²) in [6, 6.07) is 17.4. The topological polar surface area (TPSA) is 134 Å². The van der Waals surface area contributed by atoms with Gasteiger partial charge < -0.3 is 14.4 Å². The van der Waals surface area contributed by atoms with Gasteiger partial charge >= 0.3 is 0 Å². The normalized spacial score (nSPS) is 13.2. The first kappa shape index (κ1) is 28.7. The summed E-state index contributed by atoms with van der Waals surface area (Å²) in [4.78, 5) is 33.7. The minimum atomic E-state index is -3.81. The van der Waals surface area contributed by atoms with Crippen molar-refractivity contribution in [3.05, 3.63) is 82.1 Å². The van der Waals surface area contributed by atoms with Gasteiger partial charge in [0.05, 0.1) is 35.8 Å². The SMILES string of the molecule is COc1cc2nc(SCC(=O)N3CCCc4ccccc43)n(CCc3ccc(S(N)(=O)=O)cc3)c(=O)c2cc1OC. The molecule has 1 amide bonds. The molecule has 0 bridgehead atoms. The van der Waals surface area contributed by atoms with Crippen LogP contribution in [0.25, 0.3) is 10.9 Å². The van der Waals surface area contributed by atoms with Crippen LogP contribution in [0.1, 0.15) is 17.5 Å². The van der Waals surface area contributed by atoms with Gasteiger partial charge in [-0.05, 0) is 54.7 Å². The Kier molecular flexibility index (Phi) is 8.34. The molecule has 0 fully saturated rings. The number of nitrogens with two attached hydrogens (primary N) is 1. The number of aryl methyl sites for hydroxylation is 2. The number of primary sulfonamides is 1. The van der Waals surface area contributed by atoms with E-state index in [2.05, 4.69) is 0 Å². The molecule has 1 aliphatic rings. The number of hydrogen-bond acceptors (Lipinski definition) is 8. The van der Waals surface area contributed by atoms with Gasteiger partial charge in [0.1, 0.15) is 0 Å². The Morgan fingerprint density at radius 2 is 1.76 bits per heavy atom. The molecule has 5 rings (SSSR count). The van der Waals surface area contributed by atoms with Gasteiger partial charge in [-0.1, -0.05) is 42.1 Å². The van der Waals surface area contributed by atoms with E-state index in [9.17, 15) is 18.0 Å². The third kappa shape index (κ3) is 6.09. The van der Waals surface area contributed by atoms with Crippen LogP contribution in [0.2, 0.25) is 0 Å². The third-order valence-electron chi connectivity index (χ3n) is 7.04. The number of anilines is 1. The fraction of sp³-hybridized carbons (Fsp3) is 0.276. The molecule has 1 aliphatic heterocycles. The molecule has 12 heteroatoms. The molecule has 2 N–H and O–H groups in total. The monoisotopic (exact) mass is 594 g/mol. The highest BCUT2D eigenvalue weighted by Crippen LogP contribution is 2.32. The lowest BCUT2D eigenvalue weighted by Gasteiger charge is -2.29. The van der Waals surface area contributed by atoms with Gasteiger partial charge in [-0.25, -0.2) is 18.5 Å². The van der Waals surface area contributed by atoms with E-state index in [1.54, 1.807) is 33.7 Å². The molecule has 0 saturated carbocycles. The van der Waals surface area contributed by atoms with Crippen LogP contribution in [0.4, 0.5) is 5.69 Å². The average molecular weight is 595 g/mol. The number of thioether (sulfide) groups is 1. The quantitative estimate of drug-likeness (QED) is 0.230. The molecule has 214 valence electrons. The molecule has 0 spiro atoms. The predicted octanol–water partition coefficient (Wildman–Crippen LogP) is 3.38. The summed E-state index contributed by atoms with van der Waals surface area (Å²) in [5.41, 5.74) is 3.03. The van der Waals surface area contributed by atoms with Crippen LogP contribution in [0.3, 0.4) is 0 Å². The van der Waals surface area contributed by atoms with Crippen molar-refractivity contribution in [2.24, 2.45) is 5.14 Å². The van der Waals surface area contributed by atoms with Crippen molar-refractivity contribution in [1.82, 2.24) is 9.55 Å². The molecule has 0 radical (unpaired) electrons. The van der Waals surface area contributed by atoms with Crippen LogP contribution in [0, 0.1) is 0 Å². The number of aromatic nitrogens is 2. The number of carbonyl (C=O) groups excluding carboxylic acids is 1. The maximum atomic E-state index is 13.8. The van der Waals surface area contributed by atoms with Gasteiger partial charge in [-0.3, -0.25) is 14.2 Å². The standard InChI is InChI=1S/C29H30N4O6S2/c1-38-25-16-22-23(17-26(25)39-2)31-29(40-18-27(34)32-14-5-7-20-6-3-4-8-24(20)32)33(28(22)35)15-13-19-9-11-21(12-10-19)41(30,36)37/h3-4,6,8-12,16-17H,5,7,13-15,18H2,1-2H3,(H2,30,36,37). The van der Waals surface area contributed by atoms with Gasteiger partial charge in [-0.2, -0.15) is 0 Å². The molecule has 0 unspecified atom stereocenters. The van der Waals surface area contributed by atoms with Crippen LogP contribution in [-0.2, 0) is 34.2 Å². The summed E-state index contributed by atoms with van der Waals surface area (Å²) in [7, 11) is -0.801. The maximum absolute atomic E-state index is 13.8. The van der Waals surface area contributed by atoms with Gasteiger partial charge in [0.15, 0.2) is 16.7 Å². The van der Waals surface area contributed by atoms with E-state index in [1.807, 2.05) is 24.3 Å². The van der Waals surface area contributed by atoms with Gasteiger partial charge in [0, 0.05) is 24.8 Å². The van der Waals surface area contributed by atoms with Gasteiger partial charge in [0.25, 0.3) is 5.56 Å². The zero-order chi connectivity index (χ0) is 29.1. The Bertz CT molecular complexity index is 1770. The van der Waals surface area contributed by atoms with Gasteiger partial charge in [0.2, 0.25) is 15.9 Å². The number of ether oxygens (including phenoxy) is 2. The summed E-state index contributed by atoms with van der Waals surface area (Å²) in [5.74, 6) is 0.886. The molecule has 41 heavy (non-hydrogen) atoms. The molecule has 2 heterocycles. The van der Waals surface area contributed by atoms with Crippen LogP contribution in [0.5, 0.6) is 11.5 Å². The number of fused-ring (bicyclic) bond motifs is 2. The molecule has 10 nitrogen and oxygen atoms in total. The number of methoxy groups -OCH3 is 2. The highest BCUT2D eigenvalue weighted by molar-refractivity contribution is 7.99. The number of nitrogens with zero attached hydrogens (tertiary/aromatic N) is 3. The van der Waals surface area contributed by atoms with E-state index in [-0.39, 0.29) is 28.7 Å². The molecule has 0 aliphatic carbocycles. The number of rotatable bonds is 9. The molecule has 0 saturated heterocycles. The van der Waals surface area contributed by atoms with Crippen molar-refractivity contribution in [2.75, 3.05) is 31.4 Å². The number of para-hydroxylation sites is 1. The highest BCUT2D eigenvalue weighted by atomic mass is 32.2. The van der Waals surface area contributed by atoms with E-state index in [0.717, 1.165) is 29.7 Å². The summed E-state index contributed by atoms with van der Waals surface area (Å²) in [6.07, 6.45) is 2.24. The van der Waals surface area contributed by atoms with E-state index in [4.69, 9.17) is 19.6 Å². The Labute approximate surface area is 242 Å². The van der Waals surface area contributed by atoms with Crippen LogP contribution in [0.15, 0.2) is 75.5 Å².